The van der Waals surface area contributed by atoms with Gasteiger partial charge >= 0.3 is 0 Å². The third-order valence-corrected chi connectivity index (χ3v) is 2.26. The Labute approximate surface area is 101 Å². The number of anilines is 2. The van der Waals surface area contributed by atoms with Crippen LogP contribution in [-0.4, -0.2) is 20.9 Å². The van der Waals surface area contributed by atoms with Crippen molar-refractivity contribution in [3.63, 3.8) is 0 Å². The summed E-state index contributed by atoms with van der Waals surface area (Å²) in [7, 11) is 0. The first kappa shape index (κ1) is 11.4. The number of rotatable bonds is 3. The smallest absolute Gasteiger partial charge is 0.259 e. The number of carbonyl (C=O) groups is 1. The second kappa shape index (κ2) is 4.81. The minimum Gasteiger partial charge on any atom is -0.331 e. The zero-order valence-electron chi connectivity index (χ0n) is 8.57. The maximum absolute atomic E-state index is 11.7. The van der Waals surface area contributed by atoms with E-state index < -0.39 is 0 Å². The molecule has 2 aromatic heterocycles. The molecule has 5 N–H and O–H groups in total. The maximum Gasteiger partial charge on any atom is 0.259 e. The van der Waals surface area contributed by atoms with Gasteiger partial charge in [0.1, 0.15) is 0 Å². The quantitative estimate of drug-likeness (QED) is 0.481. The van der Waals surface area contributed by atoms with E-state index in [0.717, 1.165) is 0 Å². The zero-order chi connectivity index (χ0) is 12.3. The summed E-state index contributed by atoms with van der Waals surface area (Å²) in [6, 6.07) is 1.46. The molecule has 8 heteroatoms. The third kappa shape index (κ3) is 2.52. The second-order valence-corrected chi connectivity index (χ2v) is 3.50. The minimum absolute atomic E-state index is 0.264. The highest BCUT2D eigenvalue weighted by atomic mass is 35.5. The van der Waals surface area contributed by atoms with Gasteiger partial charge in [0.05, 0.1) is 10.6 Å². The molecule has 7 nitrogen and oxygen atoms in total. The summed E-state index contributed by atoms with van der Waals surface area (Å²) in [4.78, 5) is 22.2. The highest BCUT2D eigenvalue weighted by molar-refractivity contribution is 6.33. The van der Waals surface area contributed by atoms with Crippen molar-refractivity contribution in [2.45, 2.75) is 0 Å². The van der Waals surface area contributed by atoms with Crippen molar-refractivity contribution in [3.8, 4) is 0 Å². The molecule has 0 saturated carbocycles. The Bertz CT molecular complexity index is 526. The zero-order valence-corrected chi connectivity index (χ0v) is 9.32. The van der Waals surface area contributed by atoms with Crippen molar-refractivity contribution in [2.24, 2.45) is 5.84 Å². The van der Waals surface area contributed by atoms with Crippen LogP contribution in [-0.2, 0) is 0 Å². The van der Waals surface area contributed by atoms with Crippen molar-refractivity contribution in [2.75, 3.05) is 10.7 Å². The van der Waals surface area contributed by atoms with E-state index in [1.165, 1.54) is 18.5 Å². The lowest BCUT2D eigenvalue weighted by atomic mass is 10.2. The predicted molar refractivity (Wildman–Crippen MR) is 63.6 cm³/mol. The minimum atomic E-state index is -0.363. The summed E-state index contributed by atoms with van der Waals surface area (Å²) in [6.45, 7) is 0. The average molecular weight is 253 g/mol. The number of hydrogen-bond acceptors (Lipinski definition) is 5. The monoisotopic (exact) mass is 252 g/mol. The number of hydrazine groups is 1. The van der Waals surface area contributed by atoms with E-state index in [-0.39, 0.29) is 10.9 Å². The van der Waals surface area contributed by atoms with Gasteiger partial charge in [0.2, 0.25) is 5.95 Å². The first-order valence-electron chi connectivity index (χ1n) is 4.63. The molecule has 0 fully saturated rings. The van der Waals surface area contributed by atoms with Crippen molar-refractivity contribution >= 4 is 29.3 Å². The highest BCUT2D eigenvalue weighted by Crippen LogP contribution is 2.19. The van der Waals surface area contributed by atoms with E-state index in [2.05, 4.69) is 25.7 Å². The van der Waals surface area contributed by atoms with Crippen LogP contribution in [0.3, 0.4) is 0 Å². The van der Waals surface area contributed by atoms with Crippen LogP contribution >= 0.6 is 11.6 Å². The summed E-state index contributed by atoms with van der Waals surface area (Å²) in [5.41, 5.74) is 2.62. The number of hydrogen-bond donors (Lipinski definition) is 4. The summed E-state index contributed by atoms with van der Waals surface area (Å²) < 4.78 is 0. The van der Waals surface area contributed by atoms with Gasteiger partial charge in [-0.05, 0) is 6.07 Å². The fraction of sp³-hybridized carbons (Fsp3) is 0. The van der Waals surface area contributed by atoms with E-state index >= 15 is 0 Å². The van der Waals surface area contributed by atoms with Crippen LogP contribution in [0, 0.1) is 0 Å². The number of nitrogens with zero attached hydrogens (tertiary/aromatic N) is 2. The number of aromatic amines is 1. The molecule has 2 heterocycles. The molecule has 0 aromatic carbocycles. The Hall–Kier alpha value is -2.12. The SMILES string of the molecule is NNc1ncc(C(=O)Nc2ncc[nH]2)cc1Cl. The largest absolute Gasteiger partial charge is 0.331 e. The highest BCUT2D eigenvalue weighted by Gasteiger charge is 2.10. The molecular formula is C9H9ClN6O. The lowest BCUT2D eigenvalue weighted by molar-refractivity contribution is 0.102. The molecule has 0 spiro atoms. The van der Waals surface area contributed by atoms with Crippen molar-refractivity contribution in [3.05, 3.63) is 35.2 Å². The van der Waals surface area contributed by atoms with Gasteiger partial charge in [-0.3, -0.25) is 10.1 Å². The van der Waals surface area contributed by atoms with Crippen LogP contribution in [0.5, 0.6) is 0 Å². The number of pyridine rings is 1. The number of carbonyl (C=O) groups excluding carboxylic acids is 1. The molecule has 0 saturated heterocycles. The average Bonchev–Trinajstić information content (AvgIpc) is 2.81. The molecule has 17 heavy (non-hydrogen) atoms. The fourth-order valence-corrected chi connectivity index (χ4v) is 1.40. The number of aromatic nitrogens is 3. The predicted octanol–water partition coefficient (Wildman–Crippen LogP) is 0.996. The lowest BCUT2D eigenvalue weighted by Crippen LogP contribution is -2.15. The molecule has 0 aliphatic rings. The summed E-state index contributed by atoms with van der Waals surface area (Å²) in [5, 5.41) is 2.81. The van der Waals surface area contributed by atoms with Crippen LogP contribution in [0.4, 0.5) is 11.8 Å². The van der Waals surface area contributed by atoms with Gasteiger partial charge in [-0.15, -0.1) is 0 Å². The molecule has 0 radical (unpaired) electrons. The molecule has 0 bridgehead atoms. The lowest BCUT2D eigenvalue weighted by Gasteiger charge is -2.05. The van der Waals surface area contributed by atoms with Crippen molar-refractivity contribution in [1.29, 1.82) is 0 Å². The number of nitrogen functional groups attached to an aromatic ring is 1. The van der Waals surface area contributed by atoms with Gasteiger partial charge in [0.15, 0.2) is 5.82 Å². The molecule has 0 unspecified atom stereocenters. The molecule has 0 aliphatic carbocycles. The Kier molecular flexibility index (Phi) is 3.22. The molecule has 1 amide bonds. The van der Waals surface area contributed by atoms with Crippen molar-refractivity contribution in [1.82, 2.24) is 15.0 Å². The number of halogens is 1. The van der Waals surface area contributed by atoms with Gasteiger partial charge in [-0.1, -0.05) is 11.6 Å². The third-order valence-electron chi connectivity index (χ3n) is 1.97. The maximum atomic E-state index is 11.7. The van der Waals surface area contributed by atoms with Gasteiger partial charge in [-0.2, -0.15) is 0 Å². The Morgan fingerprint density at radius 1 is 1.47 bits per heavy atom. The van der Waals surface area contributed by atoms with E-state index in [0.29, 0.717) is 17.3 Å². The van der Waals surface area contributed by atoms with Crippen LogP contribution in [0.2, 0.25) is 5.02 Å². The van der Waals surface area contributed by atoms with Crippen molar-refractivity contribution < 1.29 is 4.79 Å². The number of nitrogens with one attached hydrogen (secondary N) is 3. The van der Waals surface area contributed by atoms with Gasteiger partial charge < -0.3 is 10.4 Å². The number of H-pyrrole nitrogens is 1. The molecule has 0 atom stereocenters. The Morgan fingerprint density at radius 3 is 2.88 bits per heavy atom. The van der Waals surface area contributed by atoms with Gasteiger partial charge in [-0.25, -0.2) is 15.8 Å². The first-order valence-corrected chi connectivity index (χ1v) is 5.01. The fourth-order valence-electron chi connectivity index (χ4n) is 1.18. The first-order chi connectivity index (χ1) is 8.20. The van der Waals surface area contributed by atoms with Crippen LogP contribution in [0.1, 0.15) is 10.4 Å². The van der Waals surface area contributed by atoms with Gasteiger partial charge in [0, 0.05) is 18.6 Å². The van der Waals surface area contributed by atoms with E-state index in [9.17, 15) is 4.79 Å². The van der Waals surface area contributed by atoms with E-state index in [1.54, 1.807) is 6.20 Å². The number of imidazole rings is 1. The summed E-state index contributed by atoms with van der Waals surface area (Å²) >= 11 is 5.85. The molecule has 2 aromatic rings. The number of amides is 1. The topological polar surface area (TPSA) is 109 Å². The normalized spacial score (nSPS) is 10.0. The van der Waals surface area contributed by atoms with Crippen LogP contribution in [0.15, 0.2) is 24.7 Å². The second-order valence-electron chi connectivity index (χ2n) is 3.09. The molecule has 2 rings (SSSR count). The van der Waals surface area contributed by atoms with E-state index in [4.69, 9.17) is 17.4 Å². The Morgan fingerprint density at radius 2 is 2.29 bits per heavy atom. The summed E-state index contributed by atoms with van der Waals surface area (Å²) in [6.07, 6.45) is 4.49. The summed E-state index contributed by atoms with van der Waals surface area (Å²) in [5.74, 6) is 5.47. The van der Waals surface area contributed by atoms with Crippen LogP contribution < -0.4 is 16.6 Å². The van der Waals surface area contributed by atoms with E-state index in [1.807, 2.05) is 0 Å². The molecular weight excluding hydrogens is 244 g/mol. The molecule has 0 aliphatic heterocycles. The van der Waals surface area contributed by atoms with Crippen LogP contribution in [0.25, 0.3) is 0 Å². The standard InChI is InChI=1S/C9H9ClN6O/c10-6-3-5(4-14-7(6)16-11)8(17)15-9-12-1-2-13-9/h1-4H,11H2,(H,14,16)(H2,12,13,15,17). The van der Waals surface area contributed by atoms with Gasteiger partial charge in [0.25, 0.3) is 5.91 Å². The Balaban J connectivity index is 2.17. The number of nitrogens with two attached hydrogens (primary N) is 1. The molecule has 88 valence electrons.